The maximum absolute atomic E-state index is 12.8. The molecule has 0 aromatic heterocycles. The normalized spacial score (nSPS) is 11.1. The lowest BCUT2D eigenvalue weighted by Gasteiger charge is -2.11. The molecule has 0 aliphatic rings. The lowest BCUT2D eigenvalue weighted by Crippen LogP contribution is -2.16. The highest BCUT2D eigenvalue weighted by Crippen LogP contribution is 2.25. The molecule has 0 aliphatic heterocycles. The number of carboxylic acids is 1. The van der Waals surface area contributed by atoms with Crippen LogP contribution in [0.15, 0.2) is 77.7 Å². The molecule has 3 aromatic rings. The molecule has 0 saturated heterocycles. The molecule has 2 N–H and O–H groups in total. The number of sulfonamides is 1. The smallest absolute Gasteiger partial charge is 0.337 e. The van der Waals surface area contributed by atoms with Crippen molar-refractivity contribution in [2.75, 3.05) is 4.72 Å². The Hall–Kier alpha value is -3.19. The van der Waals surface area contributed by atoms with Gasteiger partial charge in [-0.3, -0.25) is 4.72 Å². The van der Waals surface area contributed by atoms with Crippen LogP contribution in [0.25, 0.3) is 11.1 Å². The molecule has 3 aromatic carbocycles. The molecule has 3 rings (SSSR count). The molecule has 27 heavy (non-hydrogen) atoms. The van der Waals surface area contributed by atoms with Crippen LogP contribution in [0, 0.1) is 0 Å². The fourth-order valence-electron chi connectivity index (χ4n) is 2.65. The molecule has 0 heterocycles. The van der Waals surface area contributed by atoms with E-state index in [1.54, 1.807) is 42.5 Å². The second kappa shape index (κ2) is 7.59. The van der Waals surface area contributed by atoms with Crippen molar-refractivity contribution in [3.8, 4) is 11.1 Å². The minimum absolute atomic E-state index is 0.292. The molecule has 0 fully saturated rings. The molecule has 0 unspecified atom stereocenters. The van der Waals surface area contributed by atoms with Gasteiger partial charge in [0.25, 0.3) is 10.0 Å². The number of carboxylic acid groups (broad SMARTS) is 1. The van der Waals surface area contributed by atoms with Crippen LogP contribution in [0.5, 0.6) is 0 Å². The number of alkyl halides is 1. The van der Waals surface area contributed by atoms with Gasteiger partial charge in [0, 0.05) is 5.69 Å². The third-order valence-electron chi connectivity index (χ3n) is 3.96. The predicted octanol–water partition coefficient (Wildman–Crippen LogP) is 4.32. The van der Waals surface area contributed by atoms with E-state index >= 15 is 0 Å². The summed E-state index contributed by atoms with van der Waals surface area (Å²) < 4.78 is 40.3. The number of rotatable bonds is 6. The van der Waals surface area contributed by atoms with Crippen LogP contribution in [-0.2, 0) is 16.7 Å². The summed E-state index contributed by atoms with van der Waals surface area (Å²) >= 11 is 0. The Morgan fingerprint density at radius 3 is 2.30 bits per heavy atom. The minimum atomic E-state index is -4.06. The minimum Gasteiger partial charge on any atom is -0.478 e. The quantitative estimate of drug-likeness (QED) is 0.662. The van der Waals surface area contributed by atoms with E-state index in [0.29, 0.717) is 11.3 Å². The molecular formula is C20H16FNO4S. The van der Waals surface area contributed by atoms with Crippen LogP contribution in [0.1, 0.15) is 15.9 Å². The van der Waals surface area contributed by atoms with Gasteiger partial charge in [0.1, 0.15) is 11.6 Å². The summed E-state index contributed by atoms with van der Waals surface area (Å²) in [6.45, 7) is -0.561. The topological polar surface area (TPSA) is 83.5 Å². The van der Waals surface area contributed by atoms with Gasteiger partial charge in [0.15, 0.2) is 0 Å². The summed E-state index contributed by atoms with van der Waals surface area (Å²) in [7, 11) is -4.06. The van der Waals surface area contributed by atoms with E-state index in [4.69, 9.17) is 0 Å². The summed E-state index contributed by atoms with van der Waals surface area (Å²) in [6, 6.07) is 18.9. The lowest BCUT2D eigenvalue weighted by atomic mass is 10.0. The van der Waals surface area contributed by atoms with Crippen molar-refractivity contribution in [3.05, 3.63) is 83.9 Å². The average Bonchev–Trinajstić information content (AvgIpc) is 2.68. The van der Waals surface area contributed by atoms with Gasteiger partial charge in [0.05, 0.1) is 5.56 Å². The van der Waals surface area contributed by atoms with E-state index in [1.807, 2.05) is 6.07 Å². The molecule has 7 heteroatoms. The zero-order valence-electron chi connectivity index (χ0n) is 14.1. The van der Waals surface area contributed by atoms with Gasteiger partial charge in [-0.1, -0.05) is 42.5 Å². The Bertz CT molecular complexity index is 1080. The highest BCUT2D eigenvalue weighted by Gasteiger charge is 2.21. The Balaban J connectivity index is 1.87. The molecular weight excluding hydrogens is 369 g/mol. The number of anilines is 1. The van der Waals surface area contributed by atoms with Crippen molar-refractivity contribution in [2.45, 2.75) is 11.6 Å². The highest BCUT2D eigenvalue weighted by molar-refractivity contribution is 7.92. The summed E-state index contributed by atoms with van der Waals surface area (Å²) in [5.74, 6) is -1.32. The van der Waals surface area contributed by atoms with E-state index < -0.39 is 22.7 Å². The van der Waals surface area contributed by atoms with Crippen molar-refractivity contribution in [1.29, 1.82) is 0 Å². The fourth-order valence-corrected chi connectivity index (χ4v) is 3.91. The van der Waals surface area contributed by atoms with Crippen molar-refractivity contribution in [1.82, 2.24) is 0 Å². The van der Waals surface area contributed by atoms with Gasteiger partial charge < -0.3 is 5.11 Å². The molecule has 0 saturated carbocycles. The highest BCUT2D eigenvalue weighted by atomic mass is 32.2. The summed E-state index contributed by atoms with van der Waals surface area (Å²) in [5.41, 5.74) is 2.17. The maximum atomic E-state index is 12.8. The molecule has 0 amide bonds. The van der Waals surface area contributed by atoms with Gasteiger partial charge >= 0.3 is 5.97 Å². The SMILES string of the molecule is O=C(O)c1ccccc1S(=O)(=O)Nc1ccc(-c2cccc(CF)c2)cc1. The Labute approximate surface area is 156 Å². The molecule has 0 aliphatic carbocycles. The first-order valence-corrected chi connectivity index (χ1v) is 9.49. The summed E-state index contributed by atoms with van der Waals surface area (Å²) in [5, 5.41) is 9.18. The monoisotopic (exact) mass is 385 g/mol. The van der Waals surface area contributed by atoms with Gasteiger partial charge in [-0.2, -0.15) is 0 Å². The summed E-state index contributed by atoms with van der Waals surface area (Å²) in [6.07, 6.45) is 0. The van der Waals surface area contributed by atoms with Gasteiger partial charge in [-0.05, 0) is 47.0 Å². The standard InChI is InChI=1S/C20H16FNO4S/c21-13-14-4-3-5-16(12-14)15-8-10-17(11-9-15)22-27(25,26)19-7-2-1-6-18(19)20(23)24/h1-12,22H,13H2,(H,23,24). The third kappa shape index (κ3) is 4.15. The van der Waals surface area contributed by atoms with Crippen molar-refractivity contribution in [2.24, 2.45) is 0 Å². The molecule has 5 nitrogen and oxygen atoms in total. The van der Waals surface area contributed by atoms with Crippen LogP contribution < -0.4 is 4.72 Å². The van der Waals surface area contributed by atoms with Crippen LogP contribution in [0.4, 0.5) is 10.1 Å². The molecule has 0 spiro atoms. The number of benzene rings is 3. The number of nitrogens with one attached hydrogen (secondary N) is 1. The van der Waals surface area contributed by atoms with Crippen LogP contribution in [0.3, 0.4) is 0 Å². The largest absolute Gasteiger partial charge is 0.478 e. The first kappa shape index (κ1) is 18.6. The van der Waals surface area contributed by atoms with Crippen LogP contribution in [-0.4, -0.2) is 19.5 Å². The molecule has 0 radical (unpaired) electrons. The van der Waals surface area contributed by atoms with E-state index in [9.17, 15) is 22.7 Å². The first-order chi connectivity index (χ1) is 12.9. The zero-order valence-corrected chi connectivity index (χ0v) is 14.9. The Kier molecular flexibility index (Phi) is 5.23. The zero-order chi connectivity index (χ0) is 19.4. The Morgan fingerprint density at radius 1 is 0.926 bits per heavy atom. The number of hydrogen-bond acceptors (Lipinski definition) is 3. The number of hydrogen-bond donors (Lipinski definition) is 2. The fraction of sp³-hybridized carbons (Fsp3) is 0.0500. The maximum Gasteiger partial charge on any atom is 0.337 e. The lowest BCUT2D eigenvalue weighted by molar-refractivity contribution is 0.0692. The van der Waals surface area contributed by atoms with Crippen molar-refractivity contribution >= 4 is 21.7 Å². The number of aromatic carboxylic acids is 1. The van der Waals surface area contributed by atoms with E-state index in [0.717, 1.165) is 11.1 Å². The first-order valence-electron chi connectivity index (χ1n) is 8.01. The molecule has 0 atom stereocenters. The molecule has 0 bridgehead atoms. The second-order valence-electron chi connectivity index (χ2n) is 5.82. The average molecular weight is 385 g/mol. The Morgan fingerprint density at radius 2 is 1.63 bits per heavy atom. The number of carbonyl (C=O) groups is 1. The third-order valence-corrected chi connectivity index (χ3v) is 5.40. The molecule has 138 valence electrons. The summed E-state index contributed by atoms with van der Waals surface area (Å²) in [4.78, 5) is 10.9. The van der Waals surface area contributed by atoms with Crippen molar-refractivity contribution in [3.63, 3.8) is 0 Å². The van der Waals surface area contributed by atoms with E-state index in [-0.39, 0.29) is 10.5 Å². The van der Waals surface area contributed by atoms with Crippen molar-refractivity contribution < 1.29 is 22.7 Å². The van der Waals surface area contributed by atoms with Crippen LogP contribution >= 0.6 is 0 Å². The van der Waals surface area contributed by atoms with E-state index in [2.05, 4.69) is 4.72 Å². The van der Waals surface area contributed by atoms with Gasteiger partial charge in [-0.25, -0.2) is 17.6 Å². The van der Waals surface area contributed by atoms with Crippen LogP contribution in [0.2, 0.25) is 0 Å². The number of halogens is 1. The predicted molar refractivity (Wildman–Crippen MR) is 101 cm³/mol. The van der Waals surface area contributed by atoms with E-state index in [1.165, 1.54) is 24.3 Å². The van der Waals surface area contributed by atoms with Gasteiger partial charge in [0.2, 0.25) is 0 Å². The second-order valence-corrected chi connectivity index (χ2v) is 7.47. The van der Waals surface area contributed by atoms with Gasteiger partial charge in [-0.15, -0.1) is 0 Å².